The minimum absolute atomic E-state index is 0.0855. The molecule has 0 atom stereocenters. The Balaban J connectivity index is 2.74. The first-order valence-corrected chi connectivity index (χ1v) is 6.22. The van der Waals surface area contributed by atoms with Crippen molar-refractivity contribution in [3.8, 4) is 0 Å². The van der Waals surface area contributed by atoms with Crippen molar-refractivity contribution in [1.82, 2.24) is 4.98 Å². The van der Waals surface area contributed by atoms with Gasteiger partial charge in [-0.05, 0) is 25.0 Å². The summed E-state index contributed by atoms with van der Waals surface area (Å²) in [5.74, 6) is -0.0855. The molecule has 6 heteroatoms. The number of nitrogens with one attached hydrogen (secondary N) is 1. The molecule has 1 aromatic heterocycles. The lowest BCUT2D eigenvalue weighted by atomic mass is 10.3. The Morgan fingerprint density at radius 2 is 2.27 bits per heavy atom. The van der Waals surface area contributed by atoms with Gasteiger partial charge in [0.1, 0.15) is 0 Å². The molecule has 15 heavy (non-hydrogen) atoms. The van der Waals surface area contributed by atoms with E-state index in [2.05, 4.69) is 9.71 Å². The normalized spacial score (nSPS) is 11.3. The molecule has 0 spiro atoms. The Bertz CT molecular complexity index is 417. The molecule has 5 nitrogen and oxygen atoms in total. The summed E-state index contributed by atoms with van der Waals surface area (Å²) in [5.41, 5.74) is 1.30. The number of aromatic nitrogens is 1. The summed E-state index contributed by atoms with van der Waals surface area (Å²) >= 11 is 0. The number of rotatable bonds is 5. The average molecular weight is 230 g/mol. The van der Waals surface area contributed by atoms with Gasteiger partial charge in [0, 0.05) is 12.8 Å². The number of sulfonamides is 1. The average Bonchev–Trinajstić information content (AvgIpc) is 2.18. The van der Waals surface area contributed by atoms with Crippen LogP contribution in [0, 0.1) is 6.92 Å². The van der Waals surface area contributed by atoms with Crippen molar-refractivity contribution >= 4 is 15.7 Å². The Morgan fingerprint density at radius 3 is 2.87 bits per heavy atom. The first kappa shape index (κ1) is 11.9. The van der Waals surface area contributed by atoms with E-state index in [1.54, 1.807) is 19.2 Å². The second kappa shape index (κ2) is 5.09. The molecule has 0 unspecified atom stereocenters. The van der Waals surface area contributed by atoms with Gasteiger partial charge in [0.05, 0.1) is 17.6 Å². The quantitative estimate of drug-likeness (QED) is 0.772. The molecule has 1 rings (SSSR count). The van der Waals surface area contributed by atoms with Crippen molar-refractivity contribution in [2.24, 2.45) is 0 Å². The summed E-state index contributed by atoms with van der Waals surface area (Å²) in [4.78, 5) is 3.83. The van der Waals surface area contributed by atoms with Crippen LogP contribution >= 0.6 is 0 Å². The molecule has 1 heterocycles. The number of hydrogen-bond donors (Lipinski definition) is 2. The number of aliphatic hydroxyl groups excluding tert-OH is 1. The summed E-state index contributed by atoms with van der Waals surface area (Å²) in [6.45, 7) is 1.67. The molecule has 0 saturated carbocycles. The third kappa shape index (κ3) is 3.85. The van der Waals surface area contributed by atoms with Gasteiger partial charge in [-0.3, -0.25) is 9.71 Å². The van der Waals surface area contributed by atoms with Crippen LogP contribution in [0.4, 0.5) is 5.69 Å². The second-order valence-electron chi connectivity index (χ2n) is 3.19. The first-order chi connectivity index (χ1) is 7.05. The van der Waals surface area contributed by atoms with Crippen LogP contribution in [0.25, 0.3) is 0 Å². The standard InChI is InChI=1S/C9H14N2O3S/c1-8-3-4-10-7-9(8)11-15(13,14)6-2-5-12/h3-4,7,11-12H,2,5-6H2,1H3. The largest absolute Gasteiger partial charge is 0.396 e. The lowest BCUT2D eigenvalue weighted by Crippen LogP contribution is -2.18. The first-order valence-electron chi connectivity index (χ1n) is 4.57. The molecule has 84 valence electrons. The third-order valence-electron chi connectivity index (χ3n) is 1.88. The summed E-state index contributed by atoms with van der Waals surface area (Å²) in [6.07, 6.45) is 3.29. The molecule has 0 aliphatic carbocycles. The van der Waals surface area contributed by atoms with E-state index in [-0.39, 0.29) is 18.8 Å². The molecular weight excluding hydrogens is 216 g/mol. The van der Waals surface area contributed by atoms with Crippen LogP contribution in [0.5, 0.6) is 0 Å². The fraction of sp³-hybridized carbons (Fsp3) is 0.444. The second-order valence-corrected chi connectivity index (χ2v) is 5.03. The Kier molecular flexibility index (Phi) is 4.05. The molecular formula is C9H14N2O3S. The highest BCUT2D eigenvalue weighted by Gasteiger charge is 2.10. The monoisotopic (exact) mass is 230 g/mol. The number of aryl methyl sites for hydroxylation is 1. The molecule has 0 aliphatic rings. The minimum Gasteiger partial charge on any atom is -0.396 e. The van der Waals surface area contributed by atoms with Gasteiger partial charge in [-0.2, -0.15) is 0 Å². The predicted molar refractivity (Wildman–Crippen MR) is 58.1 cm³/mol. The van der Waals surface area contributed by atoms with E-state index in [9.17, 15) is 8.42 Å². The topological polar surface area (TPSA) is 79.3 Å². The molecule has 0 radical (unpaired) electrons. The van der Waals surface area contributed by atoms with E-state index >= 15 is 0 Å². The Morgan fingerprint density at radius 1 is 1.53 bits per heavy atom. The maximum Gasteiger partial charge on any atom is 0.232 e. The van der Waals surface area contributed by atoms with E-state index in [4.69, 9.17) is 5.11 Å². The van der Waals surface area contributed by atoms with E-state index in [1.165, 1.54) is 6.20 Å². The Hall–Kier alpha value is -1.14. The number of pyridine rings is 1. The van der Waals surface area contributed by atoms with Crippen molar-refractivity contribution in [3.05, 3.63) is 24.0 Å². The van der Waals surface area contributed by atoms with Gasteiger partial charge in [-0.1, -0.05) is 0 Å². The zero-order valence-corrected chi connectivity index (χ0v) is 9.29. The molecule has 0 amide bonds. The smallest absolute Gasteiger partial charge is 0.232 e. The van der Waals surface area contributed by atoms with Crippen molar-refractivity contribution in [2.45, 2.75) is 13.3 Å². The van der Waals surface area contributed by atoms with Crippen LogP contribution in [0.2, 0.25) is 0 Å². The van der Waals surface area contributed by atoms with Gasteiger partial charge in [0.15, 0.2) is 0 Å². The molecule has 0 aromatic carbocycles. The van der Waals surface area contributed by atoms with Crippen molar-refractivity contribution in [2.75, 3.05) is 17.1 Å². The minimum atomic E-state index is -3.37. The molecule has 0 aliphatic heterocycles. The van der Waals surface area contributed by atoms with Crippen LogP contribution in [0.15, 0.2) is 18.5 Å². The molecule has 0 bridgehead atoms. The number of anilines is 1. The highest BCUT2D eigenvalue weighted by Crippen LogP contribution is 2.13. The molecule has 2 N–H and O–H groups in total. The van der Waals surface area contributed by atoms with Crippen LogP contribution in [-0.2, 0) is 10.0 Å². The molecule has 1 aromatic rings. The third-order valence-corrected chi connectivity index (χ3v) is 3.23. The maximum absolute atomic E-state index is 11.5. The summed E-state index contributed by atoms with van der Waals surface area (Å²) in [7, 11) is -3.37. The van der Waals surface area contributed by atoms with Crippen molar-refractivity contribution in [3.63, 3.8) is 0 Å². The lowest BCUT2D eigenvalue weighted by molar-refractivity contribution is 0.295. The van der Waals surface area contributed by atoms with Crippen molar-refractivity contribution in [1.29, 1.82) is 0 Å². The molecule has 0 saturated heterocycles. The fourth-order valence-corrected chi connectivity index (χ4v) is 2.20. The van der Waals surface area contributed by atoms with Gasteiger partial charge >= 0.3 is 0 Å². The highest BCUT2D eigenvalue weighted by molar-refractivity contribution is 7.92. The van der Waals surface area contributed by atoms with Crippen LogP contribution < -0.4 is 4.72 Å². The zero-order valence-electron chi connectivity index (χ0n) is 8.47. The number of aliphatic hydroxyl groups is 1. The SMILES string of the molecule is Cc1ccncc1NS(=O)(=O)CCCO. The maximum atomic E-state index is 11.5. The van der Waals surface area contributed by atoms with E-state index in [1.807, 2.05) is 0 Å². The van der Waals surface area contributed by atoms with E-state index in [0.717, 1.165) is 5.56 Å². The summed E-state index contributed by atoms with van der Waals surface area (Å²) < 4.78 is 25.3. The van der Waals surface area contributed by atoms with Gasteiger partial charge in [-0.25, -0.2) is 8.42 Å². The van der Waals surface area contributed by atoms with E-state index in [0.29, 0.717) is 5.69 Å². The van der Waals surface area contributed by atoms with Gasteiger partial charge in [0.25, 0.3) is 0 Å². The van der Waals surface area contributed by atoms with Crippen molar-refractivity contribution < 1.29 is 13.5 Å². The van der Waals surface area contributed by atoms with Gasteiger partial charge in [0.2, 0.25) is 10.0 Å². The van der Waals surface area contributed by atoms with Gasteiger partial charge in [-0.15, -0.1) is 0 Å². The highest BCUT2D eigenvalue weighted by atomic mass is 32.2. The van der Waals surface area contributed by atoms with Crippen LogP contribution in [0.1, 0.15) is 12.0 Å². The zero-order chi connectivity index (χ0) is 11.3. The van der Waals surface area contributed by atoms with E-state index < -0.39 is 10.0 Å². The fourth-order valence-electron chi connectivity index (χ4n) is 1.04. The lowest BCUT2D eigenvalue weighted by Gasteiger charge is -2.08. The Labute approximate surface area is 89.2 Å². The van der Waals surface area contributed by atoms with Crippen LogP contribution in [0.3, 0.4) is 0 Å². The molecule has 0 fully saturated rings. The number of nitrogens with zero attached hydrogens (tertiary/aromatic N) is 1. The van der Waals surface area contributed by atoms with Gasteiger partial charge < -0.3 is 5.11 Å². The van der Waals surface area contributed by atoms with Crippen LogP contribution in [-0.4, -0.2) is 30.9 Å². The predicted octanol–water partition coefficient (Wildman–Crippen LogP) is 0.514. The summed E-state index contributed by atoms with van der Waals surface area (Å²) in [6, 6.07) is 1.73. The number of hydrogen-bond acceptors (Lipinski definition) is 4. The summed E-state index contributed by atoms with van der Waals surface area (Å²) in [5, 5.41) is 8.55.